The Morgan fingerprint density at radius 2 is 2.17 bits per heavy atom. The van der Waals surface area contributed by atoms with Crippen LogP contribution in [0.4, 0.5) is 10.1 Å². The number of amides is 1. The molecule has 0 aliphatic heterocycles. The van der Waals surface area contributed by atoms with Crippen LogP contribution in [0.5, 0.6) is 5.75 Å². The number of rotatable bonds is 3. The molecule has 0 unspecified atom stereocenters. The number of benzene rings is 1. The van der Waals surface area contributed by atoms with E-state index in [-0.39, 0.29) is 10.9 Å². The van der Waals surface area contributed by atoms with Crippen LogP contribution in [0.25, 0.3) is 5.65 Å². The Morgan fingerprint density at radius 1 is 1.39 bits per heavy atom. The van der Waals surface area contributed by atoms with Crippen LogP contribution in [0.3, 0.4) is 0 Å². The highest BCUT2D eigenvalue weighted by Crippen LogP contribution is 2.23. The van der Waals surface area contributed by atoms with Crippen molar-refractivity contribution in [2.75, 3.05) is 12.4 Å². The van der Waals surface area contributed by atoms with E-state index in [2.05, 4.69) is 10.3 Å². The lowest BCUT2D eigenvalue weighted by Gasteiger charge is -2.07. The van der Waals surface area contributed by atoms with Crippen LogP contribution in [0, 0.1) is 12.7 Å². The van der Waals surface area contributed by atoms with Crippen molar-refractivity contribution >= 4 is 28.8 Å². The van der Waals surface area contributed by atoms with Gasteiger partial charge in [-0.3, -0.25) is 9.20 Å². The number of imidazole rings is 1. The highest BCUT2D eigenvalue weighted by atomic mass is 35.5. The third-order valence-corrected chi connectivity index (χ3v) is 3.69. The third-order valence-electron chi connectivity index (χ3n) is 3.40. The zero-order valence-electron chi connectivity index (χ0n) is 12.4. The molecule has 3 rings (SSSR count). The SMILES string of the molecule is COc1cccn2c(C(=O)Nc3ccc(F)c(Cl)c3)c(C)nc12. The molecule has 23 heavy (non-hydrogen) atoms. The Balaban J connectivity index is 2.01. The predicted molar refractivity (Wildman–Crippen MR) is 85.8 cm³/mol. The number of anilines is 1. The van der Waals surface area contributed by atoms with E-state index < -0.39 is 5.82 Å². The van der Waals surface area contributed by atoms with Crippen LogP contribution in [-0.2, 0) is 0 Å². The predicted octanol–water partition coefficient (Wildman–Crippen LogP) is 3.70. The van der Waals surface area contributed by atoms with Crippen LogP contribution in [0.2, 0.25) is 5.02 Å². The molecule has 0 atom stereocenters. The highest BCUT2D eigenvalue weighted by Gasteiger charge is 2.19. The zero-order chi connectivity index (χ0) is 16.6. The van der Waals surface area contributed by atoms with Gasteiger partial charge in [-0.15, -0.1) is 0 Å². The fourth-order valence-corrected chi connectivity index (χ4v) is 2.53. The van der Waals surface area contributed by atoms with E-state index in [1.54, 1.807) is 36.8 Å². The van der Waals surface area contributed by atoms with E-state index in [1.165, 1.54) is 18.2 Å². The Bertz CT molecular complexity index is 908. The van der Waals surface area contributed by atoms with Gasteiger partial charge in [0.25, 0.3) is 5.91 Å². The van der Waals surface area contributed by atoms with E-state index in [0.29, 0.717) is 28.5 Å². The fourth-order valence-electron chi connectivity index (χ4n) is 2.35. The quantitative estimate of drug-likeness (QED) is 0.795. The number of carbonyl (C=O) groups is 1. The van der Waals surface area contributed by atoms with Gasteiger partial charge in [-0.1, -0.05) is 11.6 Å². The number of carbonyl (C=O) groups excluding carboxylic acids is 1. The summed E-state index contributed by atoms with van der Waals surface area (Å²) in [5, 5.41) is 2.63. The minimum atomic E-state index is -0.541. The summed E-state index contributed by atoms with van der Waals surface area (Å²) >= 11 is 5.73. The molecule has 7 heteroatoms. The van der Waals surface area contributed by atoms with Gasteiger partial charge in [0, 0.05) is 11.9 Å². The Morgan fingerprint density at radius 3 is 2.87 bits per heavy atom. The Hall–Kier alpha value is -2.60. The minimum Gasteiger partial charge on any atom is -0.493 e. The number of hydrogen-bond acceptors (Lipinski definition) is 3. The smallest absolute Gasteiger partial charge is 0.274 e. The highest BCUT2D eigenvalue weighted by molar-refractivity contribution is 6.31. The third kappa shape index (κ3) is 2.73. The lowest BCUT2D eigenvalue weighted by Crippen LogP contribution is -2.15. The molecule has 1 N–H and O–H groups in total. The van der Waals surface area contributed by atoms with Gasteiger partial charge in [0.15, 0.2) is 11.4 Å². The molecule has 118 valence electrons. The van der Waals surface area contributed by atoms with Gasteiger partial charge in [0.05, 0.1) is 17.8 Å². The van der Waals surface area contributed by atoms with Gasteiger partial charge in [0.2, 0.25) is 0 Å². The fraction of sp³-hybridized carbons (Fsp3) is 0.125. The zero-order valence-corrected chi connectivity index (χ0v) is 13.2. The summed E-state index contributed by atoms with van der Waals surface area (Å²) in [7, 11) is 1.54. The molecule has 0 spiro atoms. The second-order valence-electron chi connectivity index (χ2n) is 4.90. The van der Waals surface area contributed by atoms with Crippen molar-refractivity contribution in [1.82, 2.24) is 9.38 Å². The van der Waals surface area contributed by atoms with Crippen LogP contribution in [0.15, 0.2) is 36.5 Å². The second-order valence-corrected chi connectivity index (χ2v) is 5.31. The molecular formula is C16H13ClFN3O2. The molecule has 0 bridgehead atoms. The first-order valence-corrected chi connectivity index (χ1v) is 7.17. The molecule has 0 aliphatic carbocycles. The number of methoxy groups -OCH3 is 1. The van der Waals surface area contributed by atoms with Crippen LogP contribution >= 0.6 is 11.6 Å². The number of nitrogens with one attached hydrogen (secondary N) is 1. The lowest BCUT2D eigenvalue weighted by molar-refractivity contribution is 0.102. The molecular weight excluding hydrogens is 321 g/mol. The van der Waals surface area contributed by atoms with Gasteiger partial charge in [0.1, 0.15) is 11.5 Å². The number of nitrogens with zero attached hydrogens (tertiary/aromatic N) is 2. The number of ether oxygens (including phenoxy) is 1. The maximum absolute atomic E-state index is 13.2. The van der Waals surface area contributed by atoms with E-state index in [0.717, 1.165) is 0 Å². The van der Waals surface area contributed by atoms with Crippen LogP contribution in [0.1, 0.15) is 16.2 Å². The van der Waals surface area contributed by atoms with Crippen molar-refractivity contribution in [2.45, 2.75) is 6.92 Å². The average Bonchev–Trinajstić information content (AvgIpc) is 2.86. The summed E-state index contributed by atoms with van der Waals surface area (Å²) in [5.74, 6) is -0.342. The van der Waals surface area contributed by atoms with Crippen molar-refractivity contribution in [2.24, 2.45) is 0 Å². The van der Waals surface area contributed by atoms with E-state index in [4.69, 9.17) is 16.3 Å². The van der Waals surface area contributed by atoms with E-state index in [1.807, 2.05) is 0 Å². The summed E-state index contributed by atoms with van der Waals surface area (Å²) < 4.78 is 20.1. The maximum atomic E-state index is 13.2. The first kappa shape index (κ1) is 15.3. The molecule has 2 aromatic heterocycles. The largest absolute Gasteiger partial charge is 0.493 e. The molecule has 0 fully saturated rings. The molecule has 3 aromatic rings. The number of fused-ring (bicyclic) bond motifs is 1. The van der Waals surface area contributed by atoms with Gasteiger partial charge in [-0.05, 0) is 37.3 Å². The molecule has 0 radical (unpaired) electrons. The number of aromatic nitrogens is 2. The number of hydrogen-bond donors (Lipinski definition) is 1. The Labute approximate surface area is 136 Å². The summed E-state index contributed by atoms with van der Waals surface area (Å²) in [4.78, 5) is 16.9. The van der Waals surface area contributed by atoms with Crippen molar-refractivity contribution in [3.8, 4) is 5.75 Å². The number of halogens is 2. The van der Waals surface area contributed by atoms with Crippen LogP contribution < -0.4 is 10.1 Å². The molecule has 0 aliphatic rings. The van der Waals surface area contributed by atoms with Crippen molar-refractivity contribution in [3.63, 3.8) is 0 Å². The van der Waals surface area contributed by atoms with Gasteiger partial charge >= 0.3 is 0 Å². The average molecular weight is 334 g/mol. The second kappa shape index (κ2) is 5.89. The van der Waals surface area contributed by atoms with Crippen molar-refractivity contribution < 1.29 is 13.9 Å². The normalized spacial score (nSPS) is 10.8. The monoisotopic (exact) mass is 333 g/mol. The molecule has 5 nitrogen and oxygen atoms in total. The topological polar surface area (TPSA) is 55.6 Å². The first-order chi connectivity index (χ1) is 11.0. The summed E-state index contributed by atoms with van der Waals surface area (Å²) in [5.41, 5.74) is 1.88. The Kier molecular flexibility index (Phi) is 3.92. The summed E-state index contributed by atoms with van der Waals surface area (Å²) in [6.07, 6.45) is 1.73. The standard InChI is InChI=1S/C16H13ClFN3O2/c1-9-14(21-7-3-4-13(23-2)15(21)19-9)16(22)20-10-5-6-12(18)11(17)8-10/h3-8H,1-2H3,(H,20,22). The summed E-state index contributed by atoms with van der Waals surface area (Å²) in [6, 6.07) is 7.52. The number of aryl methyl sites for hydroxylation is 1. The molecule has 1 amide bonds. The molecule has 0 saturated heterocycles. The van der Waals surface area contributed by atoms with E-state index >= 15 is 0 Å². The minimum absolute atomic E-state index is 0.0562. The maximum Gasteiger partial charge on any atom is 0.274 e. The van der Waals surface area contributed by atoms with Crippen molar-refractivity contribution in [1.29, 1.82) is 0 Å². The van der Waals surface area contributed by atoms with Gasteiger partial charge in [-0.25, -0.2) is 9.37 Å². The van der Waals surface area contributed by atoms with Gasteiger partial charge < -0.3 is 10.1 Å². The lowest BCUT2D eigenvalue weighted by atomic mass is 10.2. The summed E-state index contributed by atoms with van der Waals surface area (Å²) in [6.45, 7) is 1.74. The van der Waals surface area contributed by atoms with E-state index in [9.17, 15) is 9.18 Å². The van der Waals surface area contributed by atoms with Crippen molar-refractivity contribution in [3.05, 3.63) is 58.8 Å². The molecule has 0 saturated carbocycles. The van der Waals surface area contributed by atoms with Crippen LogP contribution in [-0.4, -0.2) is 22.4 Å². The van der Waals surface area contributed by atoms with Gasteiger partial charge in [-0.2, -0.15) is 0 Å². The molecule has 2 heterocycles. The molecule has 1 aromatic carbocycles. The number of pyridine rings is 1. The first-order valence-electron chi connectivity index (χ1n) is 6.79.